The summed E-state index contributed by atoms with van der Waals surface area (Å²) in [6.45, 7) is 5.84. The van der Waals surface area contributed by atoms with Gasteiger partial charge in [0.15, 0.2) is 5.78 Å². The normalized spacial score (nSPS) is 42.6. The molecule has 0 saturated heterocycles. The number of rotatable bonds is 1. The molecule has 4 heteroatoms. The van der Waals surface area contributed by atoms with Crippen molar-refractivity contribution in [2.75, 3.05) is 13.1 Å². The third-order valence-electron chi connectivity index (χ3n) is 7.84. The Morgan fingerprint density at radius 1 is 0.920 bits per heavy atom. The second-order valence-electron chi connectivity index (χ2n) is 8.96. The summed E-state index contributed by atoms with van der Waals surface area (Å²) >= 11 is 0. The molecule has 4 nitrogen and oxygen atoms in total. The van der Waals surface area contributed by atoms with Crippen LogP contribution in [-0.4, -0.2) is 24.7 Å². The predicted octanol–water partition coefficient (Wildman–Crippen LogP) is 2.99. The first-order valence-electron chi connectivity index (χ1n) is 10.0. The van der Waals surface area contributed by atoms with Crippen LogP contribution in [0.15, 0.2) is 11.6 Å². The molecule has 0 heterocycles. The summed E-state index contributed by atoms with van der Waals surface area (Å²) in [7, 11) is 0. The van der Waals surface area contributed by atoms with Gasteiger partial charge in [0.1, 0.15) is 5.78 Å². The number of hydrogen-bond acceptors (Lipinski definition) is 4. The third kappa shape index (κ3) is 3.02. The smallest absolute Gasteiger partial charge is 0.155 e. The molecular weight excluding hydrogens is 312 g/mol. The molecule has 0 radical (unpaired) electrons. The van der Waals surface area contributed by atoms with E-state index in [0.717, 1.165) is 38.5 Å². The molecule has 0 aliphatic heterocycles. The van der Waals surface area contributed by atoms with Crippen LogP contribution < -0.4 is 11.5 Å². The van der Waals surface area contributed by atoms with Crippen LogP contribution in [0.2, 0.25) is 0 Å². The van der Waals surface area contributed by atoms with Crippen molar-refractivity contribution in [3.05, 3.63) is 11.6 Å². The van der Waals surface area contributed by atoms with Crippen molar-refractivity contribution in [1.29, 1.82) is 0 Å². The molecular formula is C21H34N2O2. The van der Waals surface area contributed by atoms with Gasteiger partial charge in [0.2, 0.25) is 0 Å². The van der Waals surface area contributed by atoms with Gasteiger partial charge in [-0.15, -0.1) is 0 Å². The lowest BCUT2D eigenvalue weighted by molar-refractivity contribution is -0.132. The lowest BCUT2D eigenvalue weighted by Crippen LogP contribution is -2.50. The SMILES string of the molecule is C[C@]12CCC(=O)C=C1CC[C@@H]1[C@@H]2CC[C@]2(C)C(=O)CC[C@@H]12.NCCN. The van der Waals surface area contributed by atoms with Crippen LogP contribution in [0.5, 0.6) is 0 Å². The van der Waals surface area contributed by atoms with E-state index in [-0.39, 0.29) is 10.8 Å². The number of carbonyl (C=O) groups is 2. The monoisotopic (exact) mass is 346 g/mol. The summed E-state index contributed by atoms with van der Waals surface area (Å²) in [5.41, 5.74) is 11.4. The average Bonchev–Trinajstić information content (AvgIpc) is 2.91. The topological polar surface area (TPSA) is 86.2 Å². The molecule has 140 valence electrons. The Balaban J connectivity index is 0.000000415. The Morgan fingerprint density at radius 2 is 1.60 bits per heavy atom. The standard InChI is InChI=1S/C19H26O2.C2H8N2/c1-18-9-7-13(20)11-12(18)3-4-14-15-5-6-17(21)19(15,2)10-8-16(14)18;3-1-2-4/h11,14-16H,3-10H2,1-2H3;1-4H2/t14-,15-,16-,18-,19-;/m0./s1. The summed E-state index contributed by atoms with van der Waals surface area (Å²) in [5, 5.41) is 0. The molecule has 3 fully saturated rings. The number of fused-ring (bicyclic) bond motifs is 5. The van der Waals surface area contributed by atoms with E-state index in [1.54, 1.807) is 0 Å². The van der Waals surface area contributed by atoms with E-state index in [4.69, 9.17) is 11.5 Å². The molecule has 0 aromatic heterocycles. The maximum absolute atomic E-state index is 12.4. The minimum Gasteiger partial charge on any atom is -0.329 e. The van der Waals surface area contributed by atoms with E-state index < -0.39 is 0 Å². The first-order valence-corrected chi connectivity index (χ1v) is 10.0. The number of nitrogens with two attached hydrogens (primary N) is 2. The molecule has 3 saturated carbocycles. The second kappa shape index (κ2) is 6.96. The highest BCUT2D eigenvalue weighted by Gasteiger charge is 2.58. The van der Waals surface area contributed by atoms with E-state index in [1.165, 1.54) is 18.4 Å². The fraction of sp³-hybridized carbons (Fsp3) is 0.810. The number of ketones is 2. The molecule has 25 heavy (non-hydrogen) atoms. The molecule has 0 amide bonds. The zero-order chi connectivity index (χ0) is 18.2. The minimum absolute atomic E-state index is 0.0246. The molecule has 0 aromatic rings. The van der Waals surface area contributed by atoms with Gasteiger partial charge in [-0.05, 0) is 67.8 Å². The molecule has 0 unspecified atom stereocenters. The van der Waals surface area contributed by atoms with Crippen molar-refractivity contribution < 1.29 is 9.59 Å². The van der Waals surface area contributed by atoms with E-state index in [9.17, 15) is 9.59 Å². The Morgan fingerprint density at radius 3 is 2.28 bits per heavy atom. The van der Waals surface area contributed by atoms with E-state index in [1.807, 2.05) is 6.08 Å². The number of Topliss-reactive ketones (excluding diaryl/α,β-unsaturated/α-hetero) is 1. The summed E-state index contributed by atoms with van der Waals surface area (Å²) in [4.78, 5) is 24.1. The Labute approximate surface area is 151 Å². The first-order chi connectivity index (χ1) is 11.9. The third-order valence-corrected chi connectivity index (χ3v) is 7.84. The second-order valence-corrected chi connectivity index (χ2v) is 8.96. The van der Waals surface area contributed by atoms with Crippen molar-refractivity contribution >= 4 is 11.6 Å². The van der Waals surface area contributed by atoms with Gasteiger partial charge in [0.05, 0.1) is 0 Å². The largest absolute Gasteiger partial charge is 0.329 e. The van der Waals surface area contributed by atoms with Crippen molar-refractivity contribution in [2.24, 2.45) is 40.1 Å². The Bertz CT molecular complexity index is 582. The fourth-order valence-electron chi connectivity index (χ4n) is 6.33. The number of allylic oxidation sites excluding steroid dienone is 1. The summed E-state index contributed by atoms with van der Waals surface area (Å²) in [5.74, 6) is 2.88. The molecule has 0 spiro atoms. The van der Waals surface area contributed by atoms with Gasteiger partial charge in [-0.1, -0.05) is 19.4 Å². The molecule has 4 aliphatic carbocycles. The van der Waals surface area contributed by atoms with Gasteiger partial charge >= 0.3 is 0 Å². The van der Waals surface area contributed by atoms with Gasteiger partial charge < -0.3 is 11.5 Å². The van der Waals surface area contributed by atoms with Gasteiger partial charge in [0, 0.05) is 31.3 Å². The van der Waals surface area contributed by atoms with Gasteiger partial charge in [-0.2, -0.15) is 0 Å². The van der Waals surface area contributed by atoms with Crippen molar-refractivity contribution in [3.63, 3.8) is 0 Å². The quantitative estimate of drug-likeness (QED) is 0.764. The summed E-state index contributed by atoms with van der Waals surface area (Å²) in [6, 6.07) is 0. The first kappa shape index (κ1) is 18.8. The zero-order valence-corrected chi connectivity index (χ0v) is 15.9. The van der Waals surface area contributed by atoms with Crippen LogP contribution >= 0.6 is 0 Å². The van der Waals surface area contributed by atoms with Crippen LogP contribution in [-0.2, 0) is 9.59 Å². The van der Waals surface area contributed by atoms with Gasteiger partial charge in [-0.25, -0.2) is 0 Å². The lowest BCUT2D eigenvalue weighted by atomic mass is 9.47. The lowest BCUT2D eigenvalue weighted by Gasteiger charge is -2.56. The maximum atomic E-state index is 12.4. The van der Waals surface area contributed by atoms with E-state index in [0.29, 0.717) is 42.4 Å². The van der Waals surface area contributed by atoms with Crippen molar-refractivity contribution in [1.82, 2.24) is 0 Å². The van der Waals surface area contributed by atoms with Gasteiger partial charge in [-0.3, -0.25) is 9.59 Å². The van der Waals surface area contributed by atoms with Crippen LogP contribution in [0.1, 0.15) is 65.2 Å². The minimum atomic E-state index is -0.0246. The number of carbonyl (C=O) groups excluding carboxylic acids is 2. The molecule has 4 rings (SSSR count). The highest BCUT2D eigenvalue weighted by atomic mass is 16.1. The molecule has 4 aliphatic rings. The number of hydrogen-bond donors (Lipinski definition) is 2. The van der Waals surface area contributed by atoms with E-state index in [2.05, 4.69) is 13.8 Å². The molecule has 5 atom stereocenters. The molecule has 4 N–H and O–H groups in total. The van der Waals surface area contributed by atoms with Crippen LogP contribution in [0.25, 0.3) is 0 Å². The van der Waals surface area contributed by atoms with E-state index >= 15 is 0 Å². The highest BCUT2D eigenvalue weighted by Crippen LogP contribution is 2.64. The average molecular weight is 347 g/mol. The van der Waals surface area contributed by atoms with Gasteiger partial charge in [0.25, 0.3) is 0 Å². The summed E-state index contributed by atoms with van der Waals surface area (Å²) in [6.07, 6.45) is 10.2. The predicted molar refractivity (Wildman–Crippen MR) is 99.8 cm³/mol. The maximum Gasteiger partial charge on any atom is 0.155 e. The van der Waals surface area contributed by atoms with Crippen molar-refractivity contribution in [3.8, 4) is 0 Å². The van der Waals surface area contributed by atoms with Crippen LogP contribution in [0.4, 0.5) is 0 Å². The molecule has 0 bridgehead atoms. The fourth-order valence-corrected chi connectivity index (χ4v) is 6.33. The van der Waals surface area contributed by atoms with Crippen LogP contribution in [0, 0.1) is 28.6 Å². The summed E-state index contributed by atoms with van der Waals surface area (Å²) < 4.78 is 0. The molecule has 0 aromatic carbocycles. The Hall–Kier alpha value is -1.00. The zero-order valence-electron chi connectivity index (χ0n) is 15.9. The van der Waals surface area contributed by atoms with Crippen LogP contribution in [0.3, 0.4) is 0 Å². The Kier molecular flexibility index (Phi) is 5.23. The van der Waals surface area contributed by atoms with Crippen molar-refractivity contribution in [2.45, 2.75) is 65.2 Å². The highest BCUT2D eigenvalue weighted by molar-refractivity contribution is 5.91.